The Hall–Kier alpha value is -2.62. The van der Waals surface area contributed by atoms with Gasteiger partial charge in [0, 0.05) is 49.0 Å². The largest absolute Gasteiger partial charge is 0.479 e. The van der Waals surface area contributed by atoms with E-state index >= 15 is 0 Å². The number of rotatable bonds is 6. The molecule has 2 aromatic rings. The SMILES string of the molecule is O=C(O)CONC1=CCN(Cc2ccc3c(c2)Nc2nccnc2S3)CC1. The molecule has 0 saturated heterocycles. The summed E-state index contributed by atoms with van der Waals surface area (Å²) < 4.78 is 0. The first-order chi connectivity index (χ1) is 13.2. The monoisotopic (exact) mass is 385 g/mol. The Kier molecular flexibility index (Phi) is 5.23. The van der Waals surface area contributed by atoms with Gasteiger partial charge in [-0.2, -0.15) is 0 Å². The predicted molar refractivity (Wildman–Crippen MR) is 101 cm³/mol. The van der Waals surface area contributed by atoms with Gasteiger partial charge in [-0.3, -0.25) is 15.2 Å². The number of anilines is 2. The third-order valence-corrected chi connectivity index (χ3v) is 5.33. The quantitative estimate of drug-likeness (QED) is 0.552. The maximum atomic E-state index is 10.5. The zero-order chi connectivity index (χ0) is 18.6. The highest BCUT2D eigenvalue weighted by Crippen LogP contribution is 2.42. The van der Waals surface area contributed by atoms with Gasteiger partial charge in [0.1, 0.15) is 5.03 Å². The fourth-order valence-electron chi connectivity index (χ4n) is 2.98. The minimum atomic E-state index is -0.992. The average Bonchev–Trinajstić information content (AvgIpc) is 2.67. The Balaban J connectivity index is 1.35. The average molecular weight is 385 g/mol. The molecule has 9 heteroatoms. The molecule has 0 amide bonds. The van der Waals surface area contributed by atoms with Crippen LogP contribution in [0.25, 0.3) is 0 Å². The lowest BCUT2D eigenvalue weighted by Crippen LogP contribution is -2.32. The molecule has 0 aliphatic carbocycles. The highest BCUT2D eigenvalue weighted by Gasteiger charge is 2.19. The first kappa shape index (κ1) is 17.8. The van der Waals surface area contributed by atoms with Crippen molar-refractivity contribution in [1.29, 1.82) is 0 Å². The summed E-state index contributed by atoms with van der Waals surface area (Å²) in [5, 5.41) is 12.8. The van der Waals surface area contributed by atoms with Gasteiger partial charge in [-0.15, -0.1) is 0 Å². The number of aliphatic carboxylic acids is 1. The number of carbonyl (C=O) groups is 1. The predicted octanol–water partition coefficient (Wildman–Crippen LogP) is 2.38. The summed E-state index contributed by atoms with van der Waals surface area (Å²) >= 11 is 1.62. The minimum absolute atomic E-state index is 0.352. The van der Waals surface area contributed by atoms with E-state index in [4.69, 9.17) is 9.94 Å². The van der Waals surface area contributed by atoms with Crippen LogP contribution in [-0.4, -0.2) is 45.6 Å². The van der Waals surface area contributed by atoms with Crippen molar-refractivity contribution in [2.45, 2.75) is 22.9 Å². The first-order valence-electron chi connectivity index (χ1n) is 8.57. The zero-order valence-corrected chi connectivity index (χ0v) is 15.3. The molecule has 2 aliphatic heterocycles. The Labute approximate surface area is 160 Å². The van der Waals surface area contributed by atoms with Crippen molar-refractivity contribution in [2.24, 2.45) is 0 Å². The van der Waals surface area contributed by atoms with Crippen LogP contribution in [0, 0.1) is 0 Å². The molecule has 1 aromatic carbocycles. The number of hydrogen-bond donors (Lipinski definition) is 3. The van der Waals surface area contributed by atoms with Gasteiger partial charge in [0.15, 0.2) is 12.4 Å². The van der Waals surface area contributed by atoms with Gasteiger partial charge in [0.25, 0.3) is 0 Å². The van der Waals surface area contributed by atoms with Crippen LogP contribution in [0.1, 0.15) is 12.0 Å². The fraction of sp³-hybridized carbons (Fsp3) is 0.278. The molecule has 3 heterocycles. The molecule has 3 N–H and O–H groups in total. The fourth-order valence-corrected chi connectivity index (χ4v) is 3.85. The van der Waals surface area contributed by atoms with Crippen molar-refractivity contribution >= 4 is 29.2 Å². The van der Waals surface area contributed by atoms with Crippen LogP contribution in [0.5, 0.6) is 0 Å². The van der Waals surface area contributed by atoms with Crippen LogP contribution in [0.4, 0.5) is 11.5 Å². The molecule has 140 valence electrons. The van der Waals surface area contributed by atoms with Crippen LogP contribution in [-0.2, 0) is 16.2 Å². The van der Waals surface area contributed by atoms with E-state index in [0.29, 0.717) is 0 Å². The Bertz CT molecular complexity index is 889. The van der Waals surface area contributed by atoms with Gasteiger partial charge in [-0.25, -0.2) is 14.8 Å². The van der Waals surface area contributed by atoms with Crippen LogP contribution in [0.2, 0.25) is 0 Å². The summed E-state index contributed by atoms with van der Waals surface area (Å²) in [5.41, 5.74) is 5.92. The van der Waals surface area contributed by atoms with E-state index in [1.807, 2.05) is 6.08 Å². The van der Waals surface area contributed by atoms with Gasteiger partial charge < -0.3 is 10.4 Å². The van der Waals surface area contributed by atoms with E-state index in [2.05, 4.69) is 43.9 Å². The molecular formula is C18H19N5O3S. The van der Waals surface area contributed by atoms with E-state index < -0.39 is 5.97 Å². The molecule has 8 nitrogen and oxygen atoms in total. The maximum absolute atomic E-state index is 10.5. The lowest BCUT2D eigenvalue weighted by molar-refractivity contribution is -0.144. The number of carboxylic acid groups (broad SMARTS) is 1. The summed E-state index contributed by atoms with van der Waals surface area (Å²) in [7, 11) is 0. The number of nitrogens with one attached hydrogen (secondary N) is 2. The molecule has 0 radical (unpaired) electrons. The van der Waals surface area contributed by atoms with Crippen molar-refractivity contribution in [3.05, 3.63) is 47.9 Å². The molecule has 2 aliphatic rings. The summed E-state index contributed by atoms with van der Waals surface area (Å²) in [4.78, 5) is 27.5. The molecule has 1 aromatic heterocycles. The molecule has 0 atom stereocenters. The molecule has 0 spiro atoms. The summed E-state index contributed by atoms with van der Waals surface area (Å²) in [6, 6.07) is 6.42. The van der Waals surface area contributed by atoms with Gasteiger partial charge in [-0.05, 0) is 23.8 Å². The molecule has 0 saturated carbocycles. The third-order valence-electron chi connectivity index (χ3n) is 4.27. The number of nitrogens with zero attached hydrogens (tertiary/aromatic N) is 3. The number of aromatic nitrogens is 2. The van der Waals surface area contributed by atoms with Gasteiger partial charge >= 0.3 is 5.97 Å². The Morgan fingerprint density at radius 2 is 2.26 bits per heavy atom. The van der Waals surface area contributed by atoms with Gasteiger partial charge in [0.05, 0.1) is 5.69 Å². The van der Waals surface area contributed by atoms with E-state index in [-0.39, 0.29) is 6.61 Å². The van der Waals surface area contributed by atoms with Crippen LogP contribution in [0.3, 0.4) is 0 Å². The van der Waals surface area contributed by atoms with E-state index in [0.717, 1.165) is 53.2 Å². The second kappa shape index (κ2) is 7.95. The molecule has 0 unspecified atom stereocenters. The number of fused-ring (bicyclic) bond motifs is 2. The molecule has 27 heavy (non-hydrogen) atoms. The summed E-state index contributed by atoms with van der Waals surface area (Å²) in [6.45, 7) is 2.15. The number of carboxylic acids is 1. The molecular weight excluding hydrogens is 366 g/mol. The van der Waals surface area contributed by atoms with Crippen molar-refractivity contribution in [3.63, 3.8) is 0 Å². The van der Waals surface area contributed by atoms with Gasteiger partial charge in [0.2, 0.25) is 0 Å². The van der Waals surface area contributed by atoms with Crippen molar-refractivity contribution in [3.8, 4) is 0 Å². The summed E-state index contributed by atoms with van der Waals surface area (Å²) in [5.74, 6) is -0.196. The molecule has 0 fully saturated rings. The molecule has 0 bridgehead atoms. The summed E-state index contributed by atoms with van der Waals surface area (Å²) in [6.07, 6.45) is 6.21. The highest BCUT2D eigenvalue weighted by molar-refractivity contribution is 7.99. The zero-order valence-electron chi connectivity index (χ0n) is 14.5. The van der Waals surface area contributed by atoms with E-state index in [1.165, 1.54) is 5.56 Å². The first-order valence-corrected chi connectivity index (χ1v) is 9.39. The van der Waals surface area contributed by atoms with Crippen molar-refractivity contribution < 1.29 is 14.7 Å². The van der Waals surface area contributed by atoms with Crippen LogP contribution < -0.4 is 10.8 Å². The Morgan fingerprint density at radius 3 is 3.07 bits per heavy atom. The lowest BCUT2D eigenvalue weighted by Gasteiger charge is -2.27. The normalized spacial score (nSPS) is 15.9. The standard InChI is InChI=1S/C18H19N5O3S/c24-16(25)11-26-22-13-3-7-23(8-4-13)10-12-1-2-15-14(9-12)21-17-18(27-15)20-6-5-19-17/h1-3,5-6,9,22H,4,7-8,10-11H2,(H,19,21)(H,24,25). The maximum Gasteiger partial charge on any atom is 0.332 e. The van der Waals surface area contributed by atoms with E-state index in [9.17, 15) is 4.79 Å². The van der Waals surface area contributed by atoms with E-state index in [1.54, 1.807) is 24.2 Å². The second-order valence-electron chi connectivity index (χ2n) is 6.27. The third kappa shape index (κ3) is 4.38. The smallest absolute Gasteiger partial charge is 0.332 e. The number of benzene rings is 1. The number of hydrogen-bond acceptors (Lipinski definition) is 8. The molecule has 4 rings (SSSR count). The second-order valence-corrected chi connectivity index (χ2v) is 7.30. The van der Waals surface area contributed by atoms with Crippen molar-refractivity contribution in [2.75, 3.05) is 25.0 Å². The number of hydroxylamine groups is 1. The lowest BCUT2D eigenvalue weighted by atomic mass is 10.1. The van der Waals surface area contributed by atoms with Crippen LogP contribution in [0.15, 0.2) is 52.3 Å². The Morgan fingerprint density at radius 1 is 1.37 bits per heavy atom. The highest BCUT2D eigenvalue weighted by atomic mass is 32.2. The topological polar surface area (TPSA) is 99.6 Å². The van der Waals surface area contributed by atoms with Crippen LogP contribution >= 0.6 is 11.8 Å². The van der Waals surface area contributed by atoms with Gasteiger partial charge in [-0.1, -0.05) is 17.8 Å². The van der Waals surface area contributed by atoms with Crippen molar-refractivity contribution in [1.82, 2.24) is 20.3 Å². The minimum Gasteiger partial charge on any atom is -0.479 e.